The summed E-state index contributed by atoms with van der Waals surface area (Å²) in [5, 5.41) is 25.4. The topological polar surface area (TPSA) is 147 Å². The van der Waals surface area contributed by atoms with Gasteiger partial charge in [0, 0.05) is 6.42 Å². The second-order valence-corrected chi connectivity index (χ2v) is 2.98. The van der Waals surface area contributed by atoms with E-state index in [9.17, 15) is 14.4 Å². The summed E-state index contributed by atoms with van der Waals surface area (Å²) in [6.45, 7) is -0.841. The van der Waals surface area contributed by atoms with E-state index in [0.717, 1.165) is 0 Å². The Bertz CT molecular complexity index is 278. The molecule has 0 aromatic carbocycles. The lowest BCUT2D eigenvalue weighted by Crippen LogP contribution is -2.33. The first-order valence-electron chi connectivity index (χ1n) is 4.40. The summed E-state index contributed by atoms with van der Waals surface area (Å²) in [5.74, 6) is -3.65. The molecule has 0 spiro atoms. The van der Waals surface area contributed by atoms with Crippen LogP contribution < -0.4 is 5.73 Å². The third-order valence-electron chi connectivity index (χ3n) is 1.69. The number of carbonyl (C=O) groups excluding carboxylic acids is 1. The number of carbonyl (C=O) groups is 3. The van der Waals surface area contributed by atoms with Crippen molar-refractivity contribution in [2.24, 2.45) is 5.73 Å². The summed E-state index contributed by atoms with van der Waals surface area (Å²) >= 11 is 0. The number of carboxylic acid groups (broad SMARTS) is 2. The number of rotatable bonds is 7. The van der Waals surface area contributed by atoms with Gasteiger partial charge in [-0.2, -0.15) is 0 Å². The van der Waals surface area contributed by atoms with E-state index in [0.29, 0.717) is 0 Å². The molecule has 0 rings (SSSR count). The molecule has 0 radical (unpaired) electrons. The third-order valence-corrected chi connectivity index (χ3v) is 1.69. The minimum absolute atomic E-state index is 0.161. The Hall–Kier alpha value is -1.67. The molecule has 0 amide bonds. The molecule has 0 aromatic rings. The van der Waals surface area contributed by atoms with Crippen molar-refractivity contribution in [1.82, 2.24) is 0 Å². The van der Waals surface area contributed by atoms with Gasteiger partial charge in [0.15, 0.2) is 0 Å². The van der Waals surface area contributed by atoms with Crippen LogP contribution in [0.15, 0.2) is 0 Å². The molecule has 0 saturated heterocycles. The van der Waals surface area contributed by atoms with Crippen LogP contribution in [0.2, 0.25) is 0 Å². The Morgan fingerprint density at radius 2 is 1.75 bits per heavy atom. The molecule has 0 fully saturated rings. The van der Waals surface area contributed by atoms with Gasteiger partial charge >= 0.3 is 17.9 Å². The Morgan fingerprint density at radius 3 is 2.12 bits per heavy atom. The van der Waals surface area contributed by atoms with Gasteiger partial charge in [0.05, 0.1) is 6.61 Å². The van der Waals surface area contributed by atoms with Crippen LogP contribution >= 0.6 is 0 Å². The zero-order valence-corrected chi connectivity index (χ0v) is 8.33. The predicted molar refractivity (Wildman–Crippen MR) is 49.4 cm³/mol. The molecule has 1 unspecified atom stereocenters. The maximum Gasteiger partial charge on any atom is 0.347 e. The minimum Gasteiger partial charge on any atom is -0.480 e. The van der Waals surface area contributed by atoms with Gasteiger partial charge in [-0.3, -0.25) is 9.59 Å². The lowest BCUT2D eigenvalue weighted by molar-refractivity contribution is -0.166. The zero-order chi connectivity index (χ0) is 12.7. The van der Waals surface area contributed by atoms with Crippen molar-refractivity contribution < 1.29 is 34.4 Å². The standard InChI is InChI=1S/C8H13NO7/c9-4(7(12)13)1-2-6(11)16-5(3-10)8(14)15/h4-5,10H,1-3,9H2,(H,12,13)(H,14,15)/t4-,5?/m0/s1. The molecule has 0 aliphatic rings. The molecule has 8 nitrogen and oxygen atoms in total. The molecule has 0 bridgehead atoms. The fourth-order valence-electron chi connectivity index (χ4n) is 0.780. The number of carboxylic acids is 2. The highest BCUT2D eigenvalue weighted by molar-refractivity contribution is 5.79. The summed E-state index contributed by atoms with van der Waals surface area (Å²) < 4.78 is 4.35. The number of ether oxygens (including phenoxy) is 1. The average molecular weight is 235 g/mol. The summed E-state index contributed by atoms with van der Waals surface area (Å²) in [5.41, 5.74) is 5.11. The van der Waals surface area contributed by atoms with Crippen LogP contribution in [0.1, 0.15) is 12.8 Å². The monoisotopic (exact) mass is 235 g/mol. The predicted octanol–water partition coefficient (Wildman–Crippen LogP) is -1.83. The fourth-order valence-corrected chi connectivity index (χ4v) is 0.780. The lowest BCUT2D eigenvalue weighted by atomic mass is 10.2. The summed E-state index contributed by atoms with van der Waals surface area (Å²) in [7, 11) is 0. The van der Waals surface area contributed by atoms with E-state index < -0.39 is 36.7 Å². The number of aliphatic hydroxyl groups is 1. The van der Waals surface area contributed by atoms with Gasteiger partial charge in [-0.05, 0) is 6.42 Å². The first kappa shape index (κ1) is 14.3. The van der Waals surface area contributed by atoms with Crippen molar-refractivity contribution in [3.8, 4) is 0 Å². The molecule has 8 heteroatoms. The maximum atomic E-state index is 11.0. The number of hydrogen-bond donors (Lipinski definition) is 4. The van der Waals surface area contributed by atoms with Gasteiger partial charge in [0.1, 0.15) is 6.04 Å². The molecular formula is C8H13NO7. The Morgan fingerprint density at radius 1 is 1.19 bits per heavy atom. The van der Waals surface area contributed by atoms with Gasteiger partial charge in [-0.25, -0.2) is 4.79 Å². The summed E-state index contributed by atoms with van der Waals surface area (Å²) in [4.78, 5) is 31.6. The van der Waals surface area contributed by atoms with Crippen LogP contribution in [0.4, 0.5) is 0 Å². The summed E-state index contributed by atoms with van der Waals surface area (Å²) in [6, 6.07) is -1.20. The quantitative estimate of drug-likeness (QED) is 0.376. The van der Waals surface area contributed by atoms with Crippen molar-refractivity contribution in [3.05, 3.63) is 0 Å². The van der Waals surface area contributed by atoms with Crippen molar-refractivity contribution >= 4 is 17.9 Å². The van der Waals surface area contributed by atoms with Crippen LogP contribution in [0.3, 0.4) is 0 Å². The van der Waals surface area contributed by atoms with Gasteiger partial charge < -0.3 is 25.8 Å². The van der Waals surface area contributed by atoms with Crippen LogP contribution in [0, 0.1) is 0 Å². The van der Waals surface area contributed by atoms with Crippen molar-refractivity contribution in [1.29, 1.82) is 0 Å². The molecule has 0 aliphatic carbocycles. The first-order chi connectivity index (χ1) is 7.38. The van der Waals surface area contributed by atoms with E-state index in [4.69, 9.17) is 21.1 Å². The van der Waals surface area contributed by atoms with Crippen molar-refractivity contribution in [3.63, 3.8) is 0 Å². The molecule has 0 heterocycles. The van der Waals surface area contributed by atoms with E-state index in [-0.39, 0.29) is 12.8 Å². The Kier molecular flexibility index (Phi) is 6.04. The number of esters is 1. The summed E-state index contributed by atoms with van der Waals surface area (Å²) in [6.07, 6.45) is -2.11. The van der Waals surface area contributed by atoms with Crippen LogP contribution in [0.25, 0.3) is 0 Å². The fraction of sp³-hybridized carbons (Fsp3) is 0.625. The highest BCUT2D eigenvalue weighted by Crippen LogP contribution is 2.01. The van der Waals surface area contributed by atoms with Gasteiger partial charge in [0.25, 0.3) is 0 Å². The second kappa shape index (κ2) is 6.75. The molecular weight excluding hydrogens is 222 g/mol. The van der Waals surface area contributed by atoms with E-state index >= 15 is 0 Å². The highest BCUT2D eigenvalue weighted by atomic mass is 16.6. The number of hydrogen-bond acceptors (Lipinski definition) is 6. The normalized spacial score (nSPS) is 13.9. The van der Waals surface area contributed by atoms with Gasteiger partial charge in [-0.15, -0.1) is 0 Å². The van der Waals surface area contributed by atoms with Gasteiger partial charge in [0.2, 0.25) is 6.10 Å². The number of nitrogens with two attached hydrogens (primary N) is 1. The largest absolute Gasteiger partial charge is 0.480 e. The smallest absolute Gasteiger partial charge is 0.347 e. The molecule has 5 N–H and O–H groups in total. The maximum absolute atomic E-state index is 11.0. The van der Waals surface area contributed by atoms with E-state index in [2.05, 4.69) is 4.74 Å². The number of aliphatic hydroxyl groups excluding tert-OH is 1. The third kappa shape index (κ3) is 5.27. The van der Waals surface area contributed by atoms with E-state index in [1.807, 2.05) is 0 Å². The molecule has 2 atom stereocenters. The Balaban J connectivity index is 3.99. The zero-order valence-electron chi connectivity index (χ0n) is 8.33. The lowest BCUT2D eigenvalue weighted by Gasteiger charge is -2.11. The molecule has 92 valence electrons. The van der Waals surface area contributed by atoms with Gasteiger partial charge in [-0.1, -0.05) is 0 Å². The average Bonchev–Trinajstić information content (AvgIpc) is 2.21. The van der Waals surface area contributed by atoms with E-state index in [1.54, 1.807) is 0 Å². The van der Waals surface area contributed by atoms with E-state index in [1.165, 1.54) is 0 Å². The van der Waals surface area contributed by atoms with Crippen molar-refractivity contribution in [2.45, 2.75) is 25.0 Å². The SMILES string of the molecule is N[C@@H](CCC(=O)OC(CO)C(=O)O)C(=O)O. The molecule has 0 aliphatic heterocycles. The van der Waals surface area contributed by atoms with Crippen molar-refractivity contribution in [2.75, 3.05) is 6.61 Å². The second-order valence-electron chi connectivity index (χ2n) is 2.98. The van der Waals surface area contributed by atoms with Crippen LogP contribution in [-0.2, 0) is 19.1 Å². The van der Waals surface area contributed by atoms with Crippen LogP contribution in [0.5, 0.6) is 0 Å². The highest BCUT2D eigenvalue weighted by Gasteiger charge is 2.22. The molecule has 16 heavy (non-hydrogen) atoms. The molecule has 0 aromatic heterocycles. The Labute approximate surface area is 90.6 Å². The van der Waals surface area contributed by atoms with Crippen LogP contribution in [-0.4, -0.2) is 52.0 Å². The molecule has 0 saturated carbocycles. The minimum atomic E-state index is -1.63. The number of aliphatic carboxylic acids is 2. The first-order valence-corrected chi connectivity index (χ1v) is 4.40.